The van der Waals surface area contributed by atoms with Crippen molar-refractivity contribution in [1.29, 1.82) is 0 Å². The first-order chi connectivity index (χ1) is 10.6. The third-order valence-electron chi connectivity index (χ3n) is 3.44. The van der Waals surface area contributed by atoms with Crippen LogP contribution in [-0.4, -0.2) is 21.3 Å². The van der Waals surface area contributed by atoms with Gasteiger partial charge in [-0.1, -0.05) is 36.4 Å². The minimum Gasteiger partial charge on any atom is -0.364 e. The molecular weight excluding hydrogens is 283 g/mol. The highest BCUT2D eigenvalue weighted by Crippen LogP contribution is 2.26. The molecule has 1 aromatic heterocycles. The Balaban J connectivity index is 1.97. The number of aromatic nitrogens is 3. The second-order valence-electron chi connectivity index (χ2n) is 4.93. The normalized spacial score (nSPS) is 10.6. The quantitative estimate of drug-likeness (QED) is 0.779. The smallest absolute Gasteiger partial charge is 0.271 e. The molecule has 0 saturated heterocycles. The van der Waals surface area contributed by atoms with E-state index >= 15 is 0 Å². The molecule has 0 atom stereocenters. The number of hydrogen-bond acceptors (Lipinski definition) is 3. The molecule has 22 heavy (non-hydrogen) atoms. The molecule has 0 unspecified atom stereocenters. The molecule has 3 rings (SSSR count). The fourth-order valence-electron chi connectivity index (χ4n) is 2.20. The second kappa shape index (κ2) is 5.40. The van der Waals surface area contributed by atoms with Gasteiger partial charge in [-0.25, -0.2) is 4.39 Å². The van der Waals surface area contributed by atoms with Crippen LogP contribution in [0, 0.1) is 12.7 Å². The van der Waals surface area contributed by atoms with E-state index in [0.29, 0.717) is 16.8 Å². The summed E-state index contributed by atoms with van der Waals surface area (Å²) in [5, 5.41) is 10.1. The van der Waals surface area contributed by atoms with Gasteiger partial charge in [0, 0.05) is 5.56 Å². The zero-order valence-corrected chi connectivity index (χ0v) is 11.8. The van der Waals surface area contributed by atoms with Crippen LogP contribution in [0.2, 0.25) is 0 Å². The molecule has 5 nitrogen and oxygen atoms in total. The van der Waals surface area contributed by atoms with Gasteiger partial charge in [0.15, 0.2) is 5.69 Å². The van der Waals surface area contributed by atoms with E-state index in [-0.39, 0.29) is 11.5 Å². The highest BCUT2D eigenvalue weighted by Gasteiger charge is 2.15. The summed E-state index contributed by atoms with van der Waals surface area (Å²) in [7, 11) is 0. The minimum absolute atomic E-state index is 0.0918. The van der Waals surface area contributed by atoms with Crippen LogP contribution < -0.4 is 5.73 Å². The number of H-pyrrole nitrogens is 1. The molecule has 0 saturated carbocycles. The number of benzene rings is 2. The highest BCUT2D eigenvalue weighted by atomic mass is 19.1. The summed E-state index contributed by atoms with van der Waals surface area (Å²) < 4.78 is 13.6. The maximum absolute atomic E-state index is 13.6. The van der Waals surface area contributed by atoms with Gasteiger partial charge in [0.05, 0.1) is 0 Å². The van der Waals surface area contributed by atoms with E-state index in [1.807, 2.05) is 18.2 Å². The molecule has 0 fully saturated rings. The molecule has 6 heteroatoms. The molecule has 0 radical (unpaired) electrons. The van der Waals surface area contributed by atoms with Crippen LogP contribution in [0.1, 0.15) is 16.1 Å². The van der Waals surface area contributed by atoms with Gasteiger partial charge in [-0.3, -0.25) is 4.79 Å². The summed E-state index contributed by atoms with van der Waals surface area (Å²) in [5.74, 6) is -0.887. The molecule has 0 aliphatic carbocycles. The fourth-order valence-corrected chi connectivity index (χ4v) is 2.20. The standard InChI is InChI=1S/C16H13FN4O/c1-9-2-3-12(8-13(9)17)10-4-6-11(7-5-10)14-15(16(18)22)20-21-19-14/h2-8H,1H3,(H2,18,22)(H,19,20,21). The molecule has 3 N–H and O–H groups in total. The van der Waals surface area contributed by atoms with Crippen molar-refractivity contribution in [3.63, 3.8) is 0 Å². The van der Waals surface area contributed by atoms with Crippen molar-refractivity contribution >= 4 is 5.91 Å². The Labute approximate surface area is 126 Å². The summed E-state index contributed by atoms with van der Waals surface area (Å²) in [6, 6.07) is 12.3. The first kappa shape index (κ1) is 13.9. The summed E-state index contributed by atoms with van der Waals surface area (Å²) in [5.41, 5.74) is 8.70. The summed E-state index contributed by atoms with van der Waals surface area (Å²) in [6.45, 7) is 1.72. The molecule has 0 aliphatic rings. The molecule has 110 valence electrons. The van der Waals surface area contributed by atoms with Gasteiger partial charge in [0.2, 0.25) is 0 Å². The summed E-state index contributed by atoms with van der Waals surface area (Å²) in [4.78, 5) is 11.3. The predicted octanol–water partition coefficient (Wildman–Crippen LogP) is 2.69. The van der Waals surface area contributed by atoms with Crippen molar-refractivity contribution in [1.82, 2.24) is 15.4 Å². The van der Waals surface area contributed by atoms with E-state index in [0.717, 1.165) is 11.1 Å². The van der Waals surface area contributed by atoms with E-state index in [1.54, 1.807) is 25.1 Å². The molecule has 1 heterocycles. The fraction of sp³-hybridized carbons (Fsp3) is 0.0625. The van der Waals surface area contributed by atoms with E-state index < -0.39 is 5.91 Å². The predicted molar refractivity (Wildman–Crippen MR) is 80.5 cm³/mol. The van der Waals surface area contributed by atoms with Crippen molar-refractivity contribution in [2.75, 3.05) is 0 Å². The Kier molecular flexibility index (Phi) is 3.42. The average Bonchev–Trinajstić information content (AvgIpc) is 3.00. The number of nitrogens with zero attached hydrogens (tertiary/aromatic N) is 2. The van der Waals surface area contributed by atoms with Crippen LogP contribution in [0.25, 0.3) is 22.4 Å². The van der Waals surface area contributed by atoms with Gasteiger partial charge >= 0.3 is 0 Å². The minimum atomic E-state index is -0.645. The maximum atomic E-state index is 13.6. The number of carbonyl (C=O) groups is 1. The molecular formula is C16H13FN4O. The lowest BCUT2D eigenvalue weighted by atomic mass is 10.0. The Morgan fingerprint density at radius 3 is 2.32 bits per heavy atom. The van der Waals surface area contributed by atoms with Crippen LogP contribution in [0.3, 0.4) is 0 Å². The van der Waals surface area contributed by atoms with Gasteiger partial charge in [0.25, 0.3) is 5.91 Å². The molecule has 0 aliphatic heterocycles. The number of rotatable bonds is 3. The second-order valence-corrected chi connectivity index (χ2v) is 4.93. The lowest BCUT2D eigenvalue weighted by Gasteiger charge is -2.05. The van der Waals surface area contributed by atoms with E-state index in [2.05, 4.69) is 15.4 Å². The molecule has 0 spiro atoms. The van der Waals surface area contributed by atoms with Crippen LogP contribution in [0.5, 0.6) is 0 Å². The topological polar surface area (TPSA) is 84.7 Å². The lowest BCUT2D eigenvalue weighted by molar-refractivity contribution is 0.0996. The van der Waals surface area contributed by atoms with Crippen molar-refractivity contribution < 1.29 is 9.18 Å². The van der Waals surface area contributed by atoms with Crippen LogP contribution in [-0.2, 0) is 0 Å². The number of hydrogen-bond donors (Lipinski definition) is 2. The Morgan fingerprint density at radius 1 is 1.05 bits per heavy atom. The number of amides is 1. The Bertz CT molecular complexity index is 840. The number of aromatic amines is 1. The number of nitrogens with one attached hydrogen (secondary N) is 1. The molecule has 0 bridgehead atoms. The summed E-state index contributed by atoms with van der Waals surface area (Å²) in [6.07, 6.45) is 0. The zero-order chi connectivity index (χ0) is 15.7. The molecule has 2 aromatic carbocycles. The van der Waals surface area contributed by atoms with Crippen LogP contribution in [0.15, 0.2) is 42.5 Å². The van der Waals surface area contributed by atoms with Crippen LogP contribution in [0.4, 0.5) is 4.39 Å². The van der Waals surface area contributed by atoms with Crippen molar-refractivity contribution in [3.05, 3.63) is 59.5 Å². The Morgan fingerprint density at radius 2 is 1.68 bits per heavy atom. The number of primary amides is 1. The third-order valence-corrected chi connectivity index (χ3v) is 3.44. The Hall–Kier alpha value is -3.02. The lowest BCUT2D eigenvalue weighted by Crippen LogP contribution is -2.12. The van der Waals surface area contributed by atoms with E-state index in [4.69, 9.17) is 5.73 Å². The zero-order valence-electron chi connectivity index (χ0n) is 11.8. The largest absolute Gasteiger partial charge is 0.364 e. The van der Waals surface area contributed by atoms with Crippen molar-refractivity contribution in [3.8, 4) is 22.4 Å². The van der Waals surface area contributed by atoms with Crippen molar-refractivity contribution in [2.45, 2.75) is 6.92 Å². The highest BCUT2D eigenvalue weighted by molar-refractivity contribution is 5.96. The molecule has 3 aromatic rings. The number of halogens is 1. The first-order valence-electron chi connectivity index (χ1n) is 6.64. The SMILES string of the molecule is Cc1ccc(-c2ccc(-c3n[nH]nc3C(N)=O)cc2)cc1F. The summed E-state index contributed by atoms with van der Waals surface area (Å²) >= 11 is 0. The number of aryl methyl sites for hydroxylation is 1. The van der Waals surface area contributed by atoms with Gasteiger partial charge in [-0.2, -0.15) is 15.4 Å². The van der Waals surface area contributed by atoms with Gasteiger partial charge in [-0.05, 0) is 29.7 Å². The first-order valence-corrected chi connectivity index (χ1v) is 6.64. The molecule has 1 amide bonds. The van der Waals surface area contributed by atoms with Gasteiger partial charge in [-0.15, -0.1) is 0 Å². The maximum Gasteiger partial charge on any atom is 0.271 e. The monoisotopic (exact) mass is 296 g/mol. The van der Waals surface area contributed by atoms with Gasteiger partial charge in [0.1, 0.15) is 11.5 Å². The van der Waals surface area contributed by atoms with Crippen molar-refractivity contribution in [2.24, 2.45) is 5.73 Å². The number of nitrogens with two attached hydrogens (primary N) is 1. The number of carbonyl (C=O) groups excluding carboxylic acids is 1. The van der Waals surface area contributed by atoms with E-state index in [9.17, 15) is 9.18 Å². The van der Waals surface area contributed by atoms with Gasteiger partial charge < -0.3 is 5.73 Å². The third kappa shape index (κ3) is 2.46. The average molecular weight is 296 g/mol. The van der Waals surface area contributed by atoms with Crippen LogP contribution >= 0.6 is 0 Å². The van der Waals surface area contributed by atoms with E-state index in [1.165, 1.54) is 6.07 Å².